The van der Waals surface area contributed by atoms with Crippen molar-refractivity contribution >= 4 is 5.82 Å². The molecular formula is C22H15F3N4O. The summed E-state index contributed by atoms with van der Waals surface area (Å²) in [6.45, 7) is 0. The van der Waals surface area contributed by atoms with Crippen molar-refractivity contribution in [1.29, 1.82) is 10.5 Å². The van der Waals surface area contributed by atoms with Crippen LogP contribution in [0.15, 0.2) is 48.5 Å². The second-order valence-corrected chi connectivity index (χ2v) is 6.54. The molecule has 5 nitrogen and oxygen atoms in total. The van der Waals surface area contributed by atoms with Gasteiger partial charge in [-0.15, -0.1) is 0 Å². The Bertz CT molecular complexity index is 1190. The number of anilines is 1. The van der Waals surface area contributed by atoms with Gasteiger partial charge in [-0.25, -0.2) is 4.98 Å². The largest absolute Gasteiger partial charge is 0.508 e. The SMILES string of the molecule is N#Cc1c(N)nc(CCc2cccc(C(F)(F)F)c2)c(C#N)c1-c1cccc(O)c1. The van der Waals surface area contributed by atoms with Crippen molar-refractivity contribution in [2.45, 2.75) is 19.0 Å². The molecule has 0 aliphatic carbocycles. The molecule has 1 aromatic heterocycles. The maximum absolute atomic E-state index is 12.9. The number of nitrogens with two attached hydrogens (primary N) is 1. The Morgan fingerprint density at radius 2 is 1.67 bits per heavy atom. The summed E-state index contributed by atoms with van der Waals surface area (Å²) in [6.07, 6.45) is -4.12. The smallest absolute Gasteiger partial charge is 0.416 e. The van der Waals surface area contributed by atoms with Gasteiger partial charge in [0.2, 0.25) is 0 Å². The Morgan fingerprint density at radius 1 is 0.967 bits per heavy atom. The van der Waals surface area contributed by atoms with Crippen molar-refractivity contribution in [2.75, 3.05) is 5.73 Å². The molecule has 8 heteroatoms. The number of aromatic hydroxyl groups is 1. The summed E-state index contributed by atoms with van der Waals surface area (Å²) >= 11 is 0. The Balaban J connectivity index is 2.05. The lowest BCUT2D eigenvalue weighted by Gasteiger charge is -2.14. The Labute approximate surface area is 170 Å². The molecule has 0 aliphatic heterocycles. The van der Waals surface area contributed by atoms with Crippen LogP contribution in [-0.4, -0.2) is 10.1 Å². The maximum Gasteiger partial charge on any atom is 0.416 e. The standard InChI is InChI=1S/C22H15F3N4O/c23-22(24,25)15-5-1-3-13(9-15)7-8-19-17(11-26)20(18(12-27)21(28)29-19)14-4-2-6-16(30)10-14/h1-6,9-10,30H,7-8H2,(H2,28,29). The fraction of sp³-hybridized carbons (Fsp3) is 0.136. The zero-order chi connectivity index (χ0) is 21.9. The molecule has 0 fully saturated rings. The Morgan fingerprint density at radius 3 is 2.30 bits per heavy atom. The molecule has 3 N–H and O–H groups in total. The first kappa shape index (κ1) is 20.7. The van der Waals surface area contributed by atoms with Crippen LogP contribution in [0.4, 0.5) is 19.0 Å². The molecule has 0 radical (unpaired) electrons. The van der Waals surface area contributed by atoms with Gasteiger partial charge in [0.1, 0.15) is 29.3 Å². The zero-order valence-corrected chi connectivity index (χ0v) is 15.5. The number of phenols is 1. The molecule has 0 atom stereocenters. The molecule has 0 bridgehead atoms. The number of rotatable bonds is 4. The highest BCUT2D eigenvalue weighted by Crippen LogP contribution is 2.34. The third-order valence-corrected chi connectivity index (χ3v) is 4.56. The van der Waals surface area contributed by atoms with Gasteiger partial charge in [-0.2, -0.15) is 23.7 Å². The van der Waals surface area contributed by atoms with E-state index < -0.39 is 11.7 Å². The van der Waals surface area contributed by atoms with Crippen LogP contribution in [0.5, 0.6) is 5.75 Å². The van der Waals surface area contributed by atoms with Gasteiger partial charge in [-0.05, 0) is 42.2 Å². The fourth-order valence-electron chi connectivity index (χ4n) is 3.19. The van der Waals surface area contributed by atoms with Crippen molar-refractivity contribution in [3.8, 4) is 29.0 Å². The first-order chi connectivity index (χ1) is 14.2. The molecule has 3 rings (SSSR count). The van der Waals surface area contributed by atoms with Gasteiger partial charge in [0.25, 0.3) is 0 Å². The monoisotopic (exact) mass is 408 g/mol. The molecule has 0 spiro atoms. The fourth-order valence-corrected chi connectivity index (χ4v) is 3.19. The number of nitrogen functional groups attached to an aromatic ring is 1. The first-order valence-corrected chi connectivity index (χ1v) is 8.82. The number of benzene rings is 2. The average Bonchev–Trinajstić information content (AvgIpc) is 2.71. The lowest BCUT2D eigenvalue weighted by Crippen LogP contribution is -2.08. The Hall–Kier alpha value is -4.04. The van der Waals surface area contributed by atoms with E-state index in [0.717, 1.165) is 12.1 Å². The molecule has 1 heterocycles. The summed E-state index contributed by atoms with van der Waals surface area (Å²) in [5.41, 5.74) is 6.62. The quantitative estimate of drug-likeness (QED) is 0.657. The highest BCUT2D eigenvalue weighted by atomic mass is 19.4. The molecule has 0 aliphatic rings. The molecule has 150 valence electrons. The number of phenolic OH excluding ortho intramolecular Hbond substituents is 1. The van der Waals surface area contributed by atoms with Crippen LogP contribution >= 0.6 is 0 Å². The van der Waals surface area contributed by atoms with Crippen LogP contribution in [0.3, 0.4) is 0 Å². The summed E-state index contributed by atoms with van der Waals surface area (Å²) < 4.78 is 38.8. The molecule has 3 aromatic rings. The second-order valence-electron chi connectivity index (χ2n) is 6.54. The van der Waals surface area contributed by atoms with Crippen LogP contribution in [-0.2, 0) is 19.0 Å². The topological polar surface area (TPSA) is 107 Å². The van der Waals surface area contributed by atoms with Crippen molar-refractivity contribution < 1.29 is 18.3 Å². The van der Waals surface area contributed by atoms with Crippen LogP contribution in [0.2, 0.25) is 0 Å². The highest BCUT2D eigenvalue weighted by Gasteiger charge is 2.30. The van der Waals surface area contributed by atoms with E-state index >= 15 is 0 Å². The number of halogens is 3. The Kier molecular flexibility index (Phi) is 5.61. The van der Waals surface area contributed by atoms with Gasteiger partial charge in [-0.3, -0.25) is 0 Å². The zero-order valence-electron chi connectivity index (χ0n) is 15.5. The number of alkyl halides is 3. The van der Waals surface area contributed by atoms with Crippen molar-refractivity contribution in [1.82, 2.24) is 4.98 Å². The molecule has 0 saturated heterocycles. The van der Waals surface area contributed by atoms with Crippen LogP contribution in [0.25, 0.3) is 11.1 Å². The summed E-state index contributed by atoms with van der Waals surface area (Å²) in [6, 6.07) is 14.9. The third kappa shape index (κ3) is 4.18. The van der Waals surface area contributed by atoms with E-state index in [4.69, 9.17) is 5.73 Å². The summed E-state index contributed by atoms with van der Waals surface area (Å²) in [4.78, 5) is 4.16. The lowest BCUT2D eigenvalue weighted by atomic mass is 9.92. The average molecular weight is 408 g/mol. The predicted molar refractivity (Wildman–Crippen MR) is 104 cm³/mol. The maximum atomic E-state index is 12.9. The number of hydrogen-bond acceptors (Lipinski definition) is 5. The van der Waals surface area contributed by atoms with E-state index in [0.29, 0.717) is 11.1 Å². The van der Waals surface area contributed by atoms with Gasteiger partial charge in [0.05, 0.1) is 16.8 Å². The number of aryl methyl sites for hydroxylation is 2. The van der Waals surface area contributed by atoms with Gasteiger partial charge in [-0.1, -0.05) is 30.3 Å². The van der Waals surface area contributed by atoms with Crippen LogP contribution in [0, 0.1) is 22.7 Å². The molecule has 30 heavy (non-hydrogen) atoms. The second kappa shape index (κ2) is 8.14. The van der Waals surface area contributed by atoms with Gasteiger partial charge in [0.15, 0.2) is 0 Å². The van der Waals surface area contributed by atoms with E-state index in [1.165, 1.54) is 18.2 Å². The highest BCUT2D eigenvalue weighted by molar-refractivity contribution is 5.81. The summed E-state index contributed by atoms with van der Waals surface area (Å²) in [5, 5.41) is 29.0. The van der Waals surface area contributed by atoms with Crippen molar-refractivity contribution in [3.05, 3.63) is 76.5 Å². The predicted octanol–water partition coefficient (Wildman–Crippen LogP) is 4.58. The van der Waals surface area contributed by atoms with E-state index in [1.807, 2.05) is 12.1 Å². The number of aromatic nitrogens is 1. The third-order valence-electron chi connectivity index (χ3n) is 4.56. The number of hydrogen-bond donors (Lipinski definition) is 2. The number of nitrogens with zero attached hydrogens (tertiary/aromatic N) is 3. The molecule has 0 saturated carbocycles. The van der Waals surface area contributed by atoms with Gasteiger partial charge < -0.3 is 10.8 Å². The molecule has 0 unspecified atom stereocenters. The van der Waals surface area contributed by atoms with E-state index in [-0.39, 0.29) is 46.8 Å². The van der Waals surface area contributed by atoms with Crippen molar-refractivity contribution in [3.63, 3.8) is 0 Å². The minimum absolute atomic E-state index is 0.0000289. The molecule has 2 aromatic carbocycles. The number of nitriles is 2. The number of pyridine rings is 1. The molecule has 0 amide bonds. The minimum Gasteiger partial charge on any atom is -0.508 e. The molecular weight excluding hydrogens is 393 g/mol. The van der Waals surface area contributed by atoms with Crippen molar-refractivity contribution in [2.24, 2.45) is 0 Å². The minimum atomic E-state index is -4.45. The van der Waals surface area contributed by atoms with Gasteiger partial charge >= 0.3 is 6.18 Å². The van der Waals surface area contributed by atoms with Crippen LogP contribution in [0.1, 0.15) is 27.9 Å². The normalized spacial score (nSPS) is 11.0. The summed E-state index contributed by atoms with van der Waals surface area (Å²) in [5.74, 6) is -0.143. The summed E-state index contributed by atoms with van der Waals surface area (Å²) in [7, 11) is 0. The first-order valence-electron chi connectivity index (χ1n) is 8.82. The van der Waals surface area contributed by atoms with E-state index in [9.17, 15) is 28.8 Å². The van der Waals surface area contributed by atoms with E-state index in [2.05, 4.69) is 4.98 Å². The van der Waals surface area contributed by atoms with Gasteiger partial charge in [0, 0.05) is 5.56 Å². The van der Waals surface area contributed by atoms with E-state index in [1.54, 1.807) is 18.2 Å². The lowest BCUT2D eigenvalue weighted by molar-refractivity contribution is -0.137. The van der Waals surface area contributed by atoms with Crippen LogP contribution < -0.4 is 5.73 Å².